The number of amides is 1. The van der Waals surface area contributed by atoms with Crippen molar-refractivity contribution in [2.75, 3.05) is 32.7 Å². The quantitative estimate of drug-likeness (QED) is 0.597. The van der Waals surface area contributed by atoms with Gasteiger partial charge < -0.3 is 10.0 Å². The number of halogens is 1. The molecule has 1 amide bonds. The zero-order valence-corrected chi connectivity index (χ0v) is 20.8. The Morgan fingerprint density at radius 1 is 1.15 bits per heavy atom. The maximum absolute atomic E-state index is 12.7. The predicted octanol–water partition coefficient (Wildman–Crippen LogP) is 3.39. The van der Waals surface area contributed by atoms with Gasteiger partial charge in [-0.1, -0.05) is 23.8 Å². The molecule has 1 N–H and O–H groups in total. The largest absolute Gasteiger partial charge is 0.372 e. The number of rotatable bonds is 7. The fraction of sp³-hybridized carbons (Fsp3) is 0.731. The van der Waals surface area contributed by atoms with Crippen LogP contribution in [-0.2, 0) is 4.79 Å². The molecule has 0 aromatic rings. The highest BCUT2D eigenvalue weighted by atomic mass is 35.5. The predicted molar refractivity (Wildman–Crippen MR) is 136 cm³/mol. The third-order valence-electron chi connectivity index (χ3n) is 8.17. The summed E-state index contributed by atoms with van der Waals surface area (Å²) in [7, 11) is 0. The average molecular weight is 488 g/mol. The third-order valence-corrected chi connectivity index (χ3v) is 8.45. The van der Waals surface area contributed by atoms with Crippen LogP contribution in [0.25, 0.3) is 0 Å². The molecule has 0 radical (unpaired) electrons. The molecule has 5 atom stereocenters. The molecular weight excluding hydrogens is 450 g/mol. The summed E-state index contributed by atoms with van der Waals surface area (Å²) in [6.07, 6.45) is 16.5. The van der Waals surface area contributed by atoms with E-state index in [1.807, 2.05) is 22.2 Å². The van der Waals surface area contributed by atoms with Crippen molar-refractivity contribution in [3.63, 3.8) is 0 Å². The van der Waals surface area contributed by atoms with Gasteiger partial charge >= 0.3 is 0 Å². The Kier molecular flexibility index (Phi) is 7.71. The number of aliphatic imine (C=N–C) groups is 1. The Bertz CT molecular complexity index is 865. The molecule has 8 heteroatoms. The number of aliphatic hydroxyl groups is 1. The Morgan fingerprint density at radius 3 is 2.79 bits per heavy atom. The van der Waals surface area contributed by atoms with E-state index in [1.54, 1.807) is 0 Å². The van der Waals surface area contributed by atoms with Crippen LogP contribution in [0.15, 0.2) is 33.4 Å². The average Bonchev–Trinajstić information content (AvgIpc) is 3.52. The van der Waals surface area contributed by atoms with Crippen molar-refractivity contribution < 1.29 is 9.90 Å². The number of allylic oxidation sites excluding steroid dienone is 4. The number of carbonyl (C=O) groups excluding carboxylic acids is 1. The van der Waals surface area contributed by atoms with Crippen LogP contribution < -0.4 is 0 Å². The molecular formula is C26H38ClN5O2. The molecule has 0 bridgehead atoms. The van der Waals surface area contributed by atoms with Crippen LogP contribution in [-0.4, -0.2) is 88.8 Å². The maximum atomic E-state index is 12.7. The first-order valence-corrected chi connectivity index (χ1v) is 13.6. The van der Waals surface area contributed by atoms with Crippen LogP contribution in [0.2, 0.25) is 0 Å². The van der Waals surface area contributed by atoms with Crippen molar-refractivity contribution in [2.45, 2.75) is 76.1 Å². The molecule has 34 heavy (non-hydrogen) atoms. The molecule has 0 saturated carbocycles. The molecule has 5 unspecified atom stereocenters. The van der Waals surface area contributed by atoms with Gasteiger partial charge in [-0.25, -0.2) is 0 Å². The topological polar surface area (TPSA) is 71.7 Å². The van der Waals surface area contributed by atoms with Crippen LogP contribution in [0.4, 0.5) is 0 Å². The molecule has 186 valence electrons. The standard InChI is InChI=1S/C26H38ClN5O2/c27-20-8-6-19(7-9-20)17-23-25-22(10-12-28-25)26(34)32(29-23)18-21-5-4-15-30(21)16-11-24(33)31-13-2-1-3-14-31/h6,8-9,12,19,21-22,25-26,34H,1-5,7,10-11,13-18H2. The summed E-state index contributed by atoms with van der Waals surface area (Å²) in [5.41, 5.74) is 1.08. The van der Waals surface area contributed by atoms with Crippen molar-refractivity contribution >= 4 is 29.4 Å². The van der Waals surface area contributed by atoms with E-state index in [2.05, 4.69) is 22.0 Å². The molecule has 5 aliphatic rings. The summed E-state index contributed by atoms with van der Waals surface area (Å²) >= 11 is 6.11. The lowest BCUT2D eigenvalue weighted by Crippen LogP contribution is -2.52. The Balaban J connectivity index is 1.21. The van der Waals surface area contributed by atoms with Crippen molar-refractivity contribution in [1.29, 1.82) is 0 Å². The van der Waals surface area contributed by atoms with Crippen LogP contribution in [0.3, 0.4) is 0 Å². The fourth-order valence-corrected chi connectivity index (χ4v) is 6.34. The van der Waals surface area contributed by atoms with E-state index < -0.39 is 6.23 Å². The normalized spacial score (nSPS) is 33.8. The number of aliphatic hydroxyl groups excluding tert-OH is 1. The lowest BCUT2D eigenvalue weighted by Gasteiger charge is -2.40. The first-order chi connectivity index (χ1) is 16.6. The van der Waals surface area contributed by atoms with Gasteiger partial charge in [-0.3, -0.25) is 19.7 Å². The van der Waals surface area contributed by atoms with E-state index in [-0.39, 0.29) is 12.0 Å². The first-order valence-electron chi connectivity index (χ1n) is 13.2. The summed E-state index contributed by atoms with van der Waals surface area (Å²) in [6.45, 7) is 4.37. The van der Waals surface area contributed by atoms with Crippen molar-refractivity contribution in [3.05, 3.63) is 23.3 Å². The lowest BCUT2D eigenvalue weighted by atomic mass is 9.86. The number of carbonyl (C=O) groups is 1. The van der Waals surface area contributed by atoms with E-state index in [0.29, 0.717) is 30.8 Å². The molecule has 0 spiro atoms. The summed E-state index contributed by atoms with van der Waals surface area (Å²) < 4.78 is 0. The second-order valence-electron chi connectivity index (χ2n) is 10.5. The number of likely N-dealkylation sites (tertiary alicyclic amines) is 2. The number of hydrogen-bond acceptors (Lipinski definition) is 6. The van der Waals surface area contributed by atoms with Crippen LogP contribution in [0.5, 0.6) is 0 Å². The number of piperidine rings is 1. The monoisotopic (exact) mass is 487 g/mol. The van der Waals surface area contributed by atoms with Gasteiger partial charge in [-0.05, 0) is 69.9 Å². The highest BCUT2D eigenvalue weighted by Gasteiger charge is 2.42. The summed E-state index contributed by atoms with van der Waals surface area (Å²) in [4.78, 5) is 21.8. The zero-order chi connectivity index (χ0) is 23.5. The van der Waals surface area contributed by atoms with Gasteiger partial charge in [0.05, 0.1) is 18.3 Å². The van der Waals surface area contributed by atoms with Gasteiger partial charge in [-0.2, -0.15) is 5.10 Å². The Morgan fingerprint density at radius 2 is 2.00 bits per heavy atom. The summed E-state index contributed by atoms with van der Waals surface area (Å²) in [5.74, 6) is 0.748. The highest BCUT2D eigenvalue weighted by molar-refractivity contribution is 6.31. The first kappa shape index (κ1) is 24.0. The number of hydrazone groups is 1. The van der Waals surface area contributed by atoms with Crippen LogP contribution in [0.1, 0.15) is 57.8 Å². The van der Waals surface area contributed by atoms with Crippen LogP contribution in [0, 0.1) is 11.8 Å². The molecule has 2 saturated heterocycles. The minimum Gasteiger partial charge on any atom is -0.372 e. The Labute approximate surface area is 208 Å². The Hall–Kier alpha value is -1.70. The van der Waals surface area contributed by atoms with Gasteiger partial charge in [0, 0.05) is 49.3 Å². The number of fused-ring (bicyclic) bond motifs is 1. The fourth-order valence-electron chi connectivity index (χ4n) is 6.18. The highest BCUT2D eigenvalue weighted by Crippen LogP contribution is 2.34. The molecule has 7 nitrogen and oxygen atoms in total. The molecule has 2 fully saturated rings. The van der Waals surface area contributed by atoms with Gasteiger partial charge in [0.2, 0.25) is 5.91 Å². The molecule has 5 rings (SSSR count). The van der Waals surface area contributed by atoms with Crippen molar-refractivity contribution in [2.24, 2.45) is 21.9 Å². The lowest BCUT2D eigenvalue weighted by molar-refractivity contribution is -0.132. The molecule has 4 heterocycles. The zero-order valence-electron chi connectivity index (χ0n) is 20.1. The van der Waals surface area contributed by atoms with E-state index in [4.69, 9.17) is 16.7 Å². The molecule has 0 aromatic heterocycles. The van der Waals surface area contributed by atoms with Gasteiger partial charge in [-0.15, -0.1) is 0 Å². The number of hydrogen-bond donors (Lipinski definition) is 1. The van der Waals surface area contributed by atoms with Gasteiger partial charge in [0.25, 0.3) is 0 Å². The minimum atomic E-state index is -0.607. The van der Waals surface area contributed by atoms with E-state index in [9.17, 15) is 9.90 Å². The smallest absolute Gasteiger partial charge is 0.223 e. The van der Waals surface area contributed by atoms with Crippen molar-refractivity contribution in [1.82, 2.24) is 14.8 Å². The van der Waals surface area contributed by atoms with E-state index in [1.165, 1.54) is 6.42 Å². The molecule has 0 aromatic carbocycles. The van der Waals surface area contributed by atoms with Gasteiger partial charge in [0.1, 0.15) is 6.23 Å². The second-order valence-corrected chi connectivity index (χ2v) is 10.9. The minimum absolute atomic E-state index is 0.0112. The molecule has 1 aliphatic carbocycles. The number of nitrogens with zero attached hydrogens (tertiary/aromatic N) is 5. The van der Waals surface area contributed by atoms with Crippen LogP contribution >= 0.6 is 11.6 Å². The van der Waals surface area contributed by atoms with Crippen molar-refractivity contribution in [3.8, 4) is 0 Å². The SMILES string of the molecule is O=C(CCN1CCCC1CN1N=C(CC2C=CC(Cl)=CC2)C2N=CCC2C1O)N1CCCCC1. The second kappa shape index (κ2) is 10.9. The van der Waals surface area contributed by atoms with E-state index >= 15 is 0 Å². The summed E-state index contributed by atoms with van der Waals surface area (Å²) in [5, 5.41) is 18.9. The third kappa shape index (κ3) is 5.42. The summed E-state index contributed by atoms with van der Waals surface area (Å²) in [6, 6.07) is 0.312. The van der Waals surface area contributed by atoms with E-state index in [0.717, 1.165) is 81.9 Å². The molecule has 4 aliphatic heterocycles. The maximum Gasteiger partial charge on any atom is 0.223 e. The van der Waals surface area contributed by atoms with Gasteiger partial charge in [0.15, 0.2) is 0 Å².